The lowest BCUT2D eigenvalue weighted by Crippen LogP contribution is -2.39. The first-order chi connectivity index (χ1) is 15.4. The third kappa shape index (κ3) is 5.47. The smallest absolute Gasteiger partial charge is 0.408 e. The molecule has 32 heavy (non-hydrogen) atoms. The van der Waals surface area contributed by atoms with Crippen molar-refractivity contribution in [1.82, 2.24) is 10.3 Å². The van der Waals surface area contributed by atoms with Gasteiger partial charge in [-0.25, -0.2) is 4.79 Å². The van der Waals surface area contributed by atoms with E-state index < -0.39 is 17.7 Å². The number of fused-ring (bicyclic) bond motifs is 1. The van der Waals surface area contributed by atoms with Crippen molar-refractivity contribution in [3.8, 4) is 0 Å². The molecule has 0 aliphatic carbocycles. The molecule has 0 aromatic heterocycles. The van der Waals surface area contributed by atoms with Crippen molar-refractivity contribution in [3.63, 3.8) is 0 Å². The summed E-state index contributed by atoms with van der Waals surface area (Å²) in [6.45, 7) is 7.45. The first-order valence-corrected chi connectivity index (χ1v) is 11.3. The van der Waals surface area contributed by atoms with E-state index in [2.05, 4.69) is 40.7 Å². The summed E-state index contributed by atoms with van der Waals surface area (Å²) < 4.78 is 5.60. The van der Waals surface area contributed by atoms with Gasteiger partial charge in [-0.15, -0.1) is 0 Å². The van der Waals surface area contributed by atoms with Crippen molar-refractivity contribution >= 4 is 22.6 Å². The fraction of sp³-hybridized carbons (Fsp3) is 0.333. The largest absolute Gasteiger partial charge is 0.444 e. The molecule has 166 valence electrons. The summed E-state index contributed by atoms with van der Waals surface area (Å²) in [4.78, 5) is 12.8. The maximum Gasteiger partial charge on any atom is 0.408 e. The van der Waals surface area contributed by atoms with Crippen LogP contribution in [0.2, 0.25) is 0 Å². The Kier molecular flexibility index (Phi) is 6.45. The molecule has 1 heterocycles. The minimum atomic E-state index is -0.583. The second-order valence-electron chi connectivity index (χ2n) is 9.20. The number of hydrogen-bond donors (Lipinski definition) is 1. The Hall–Kier alpha value is -3.34. The lowest BCUT2D eigenvalue weighted by Gasteiger charge is -2.26. The number of carbonyl (C=O) groups is 1. The predicted octanol–water partition coefficient (Wildman–Crippen LogP) is 5.91. The van der Waals surface area contributed by atoms with E-state index in [0.29, 0.717) is 0 Å². The van der Waals surface area contributed by atoms with Gasteiger partial charge < -0.3 is 10.1 Å². The Balaban J connectivity index is 1.79. The van der Waals surface area contributed by atoms with Crippen LogP contribution in [-0.4, -0.2) is 35.5 Å². The zero-order chi connectivity index (χ0) is 22.6. The summed E-state index contributed by atoms with van der Waals surface area (Å²) in [5.74, 6) is 0. The third-order valence-corrected chi connectivity index (χ3v) is 5.44. The lowest BCUT2D eigenvalue weighted by atomic mass is 9.95. The fourth-order valence-electron chi connectivity index (χ4n) is 3.96. The van der Waals surface area contributed by atoms with E-state index in [-0.39, 0.29) is 0 Å². The topological polar surface area (TPSA) is 53.9 Å². The summed E-state index contributed by atoms with van der Waals surface area (Å²) in [6.07, 6.45) is 1.80. The molecule has 1 saturated heterocycles. The summed E-state index contributed by atoms with van der Waals surface area (Å²) in [5, 5.41) is 12.6. The van der Waals surface area contributed by atoms with E-state index in [0.717, 1.165) is 48.2 Å². The number of hydrogen-bond acceptors (Lipinski definition) is 4. The van der Waals surface area contributed by atoms with Crippen molar-refractivity contribution in [3.05, 3.63) is 83.9 Å². The van der Waals surface area contributed by atoms with Crippen molar-refractivity contribution in [2.45, 2.75) is 45.3 Å². The molecule has 1 aliphatic heterocycles. The molecular formula is C27H31N3O2. The van der Waals surface area contributed by atoms with E-state index in [1.807, 2.05) is 63.2 Å². The van der Waals surface area contributed by atoms with Crippen LogP contribution in [0.1, 0.15) is 50.8 Å². The van der Waals surface area contributed by atoms with Crippen LogP contribution < -0.4 is 5.32 Å². The molecule has 3 aromatic carbocycles. The Morgan fingerprint density at radius 2 is 1.59 bits per heavy atom. The zero-order valence-corrected chi connectivity index (χ0v) is 19.0. The molecule has 1 aliphatic rings. The number of benzene rings is 3. The molecule has 0 spiro atoms. The molecule has 0 bridgehead atoms. The molecule has 5 nitrogen and oxygen atoms in total. The van der Waals surface area contributed by atoms with Gasteiger partial charge in [-0.05, 0) is 56.0 Å². The Morgan fingerprint density at radius 3 is 2.28 bits per heavy atom. The van der Waals surface area contributed by atoms with Crippen LogP contribution in [0, 0.1) is 0 Å². The van der Waals surface area contributed by atoms with Gasteiger partial charge in [-0.3, -0.25) is 5.01 Å². The molecule has 4 rings (SSSR count). The van der Waals surface area contributed by atoms with Crippen LogP contribution in [0.15, 0.2) is 77.9 Å². The number of amides is 1. The highest BCUT2D eigenvalue weighted by atomic mass is 16.6. The minimum Gasteiger partial charge on any atom is -0.444 e. The van der Waals surface area contributed by atoms with Crippen molar-refractivity contribution in [1.29, 1.82) is 0 Å². The van der Waals surface area contributed by atoms with E-state index >= 15 is 0 Å². The highest BCUT2D eigenvalue weighted by Gasteiger charge is 2.27. The van der Waals surface area contributed by atoms with Gasteiger partial charge in [0.15, 0.2) is 0 Å². The molecule has 1 amide bonds. The Morgan fingerprint density at radius 1 is 0.938 bits per heavy atom. The van der Waals surface area contributed by atoms with E-state index in [1.165, 1.54) is 5.39 Å². The molecule has 1 N–H and O–H groups in total. The van der Waals surface area contributed by atoms with Gasteiger partial charge in [0.1, 0.15) is 11.6 Å². The van der Waals surface area contributed by atoms with Gasteiger partial charge in [0.2, 0.25) is 0 Å². The van der Waals surface area contributed by atoms with E-state index in [1.54, 1.807) is 0 Å². The van der Waals surface area contributed by atoms with E-state index in [9.17, 15) is 4.79 Å². The highest BCUT2D eigenvalue weighted by molar-refractivity contribution is 6.08. The first-order valence-electron chi connectivity index (χ1n) is 11.3. The van der Waals surface area contributed by atoms with Crippen molar-refractivity contribution < 1.29 is 9.53 Å². The quantitative estimate of drug-likeness (QED) is 0.513. The van der Waals surface area contributed by atoms with Crippen LogP contribution in [0.4, 0.5) is 4.79 Å². The monoisotopic (exact) mass is 429 g/mol. The van der Waals surface area contributed by atoms with Crippen molar-refractivity contribution in [2.24, 2.45) is 5.10 Å². The molecule has 1 fully saturated rings. The number of rotatable bonds is 5. The average Bonchev–Trinajstić information content (AvgIpc) is 3.28. The molecule has 0 unspecified atom stereocenters. The minimum absolute atomic E-state index is 0.437. The number of alkyl carbamates (subject to hydrolysis) is 1. The normalized spacial score (nSPS) is 15.6. The summed E-state index contributed by atoms with van der Waals surface area (Å²) in [7, 11) is 0. The first kappa shape index (κ1) is 21.9. The molecule has 0 radical (unpaired) electrons. The molecule has 3 aromatic rings. The van der Waals surface area contributed by atoms with Crippen molar-refractivity contribution in [2.75, 3.05) is 13.1 Å². The molecule has 5 heteroatoms. The van der Waals surface area contributed by atoms with Crippen LogP contribution in [-0.2, 0) is 4.74 Å². The van der Waals surface area contributed by atoms with Gasteiger partial charge in [0.05, 0.1) is 5.71 Å². The molecular weight excluding hydrogens is 398 g/mol. The maximum atomic E-state index is 12.8. The molecule has 0 saturated carbocycles. The van der Waals surface area contributed by atoms with Crippen LogP contribution in [0.3, 0.4) is 0 Å². The van der Waals surface area contributed by atoms with Gasteiger partial charge in [0.25, 0.3) is 0 Å². The summed E-state index contributed by atoms with van der Waals surface area (Å²) in [5.41, 5.74) is 2.18. The Bertz CT molecular complexity index is 1100. The third-order valence-electron chi connectivity index (χ3n) is 5.44. The van der Waals surface area contributed by atoms with Gasteiger partial charge in [-0.2, -0.15) is 5.10 Å². The van der Waals surface area contributed by atoms with Gasteiger partial charge in [0, 0.05) is 18.7 Å². The van der Waals surface area contributed by atoms with Gasteiger partial charge in [-0.1, -0.05) is 66.7 Å². The Labute approximate surface area is 190 Å². The second-order valence-corrected chi connectivity index (χ2v) is 9.20. The SMILES string of the molecule is CC(C)(C)OC(=O)N[C@@H](/C(=N/N1CCCC1)c1ccc2ccccc2c1)c1ccccc1. The van der Waals surface area contributed by atoms with E-state index in [4.69, 9.17) is 9.84 Å². The van der Waals surface area contributed by atoms with Crippen LogP contribution >= 0.6 is 0 Å². The number of nitrogens with one attached hydrogen (secondary N) is 1. The fourth-order valence-corrected chi connectivity index (χ4v) is 3.96. The zero-order valence-electron chi connectivity index (χ0n) is 19.0. The maximum absolute atomic E-state index is 12.8. The average molecular weight is 430 g/mol. The lowest BCUT2D eigenvalue weighted by molar-refractivity contribution is 0.0517. The van der Waals surface area contributed by atoms with Crippen LogP contribution in [0.5, 0.6) is 0 Å². The number of nitrogens with zero attached hydrogens (tertiary/aromatic N) is 2. The summed E-state index contributed by atoms with van der Waals surface area (Å²) >= 11 is 0. The van der Waals surface area contributed by atoms with Crippen LogP contribution in [0.25, 0.3) is 10.8 Å². The highest BCUT2D eigenvalue weighted by Crippen LogP contribution is 2.25. The summed E-state index contributed by atoms with van der Waals surface area (Å²) in [6, 6.07) is 24.2. The second kappa shape index (κ2) is 9.43. The standard InChI is InChI=1S/C27H31N3O2/c1-27(2,3)32-26(31)28-24(21-12-5-4-6-13-21)25(29-30-17-9-10-18-30)23-16-15-20-11-7-8-14-22(20)19-23/h4-8,11-16,19,24H,9-10,17-18H2,1-3H3,(H,28,31)/b29-25+/t24-/m1/s1. The van der Waals surface area contributed by atoms with Gasteiger partial charge >= 0.3 is 6.09 Å². The predicted molar refractivity (Wildman–Crippen MR) is 130 cm³/mol. The molecule has 1 atom stereocenters. The number of hydrazone groups is 1. The number of ether oxygens (including phenoxy) is 1. The number of carbonyl (C=O) groups excluding carboxylic acids is 1.